The molecule has 3 amide bonds. The fourth-order valence-corrected chi connectivity index (χ4v) is 6.75. The summed E-state index contributed by atoms with van der Waals surface area (Å²) in [7, 11) is 1.68. The number of pyridine rings is 2. The lowest BCUT2D eigenvalue weighted by Crippen LogP contribution is -2.41. The molecule has 0 radical (unpaired) electrons. The van der Waals surface area contributed by atoms with Gasteiger partial charge in [-0.15, -0.1) is 0 Å². The van der Waals surface area contributed by atoms with Crippen molar-refractivity contribution in [2.24, 2.45) is 0 Å². The van der Waals surface area contributed by atoms with Crippen LogP contribution >= 0.6 is 0 Å². The smallest absolute Gasteiger partial charge is 0.337 e. The Kier molecular flexibility index (Phi) is 15.3. The SMILES string of the molecule is CCC(CC)N(CCN(C)C(=O)CCC(=O)O)Cc1cccc(C(=O)Nc2ccc(N3CCCCC3)nc2C(=O)Nc2ccc(Oc3ccc(C(=O)O)cn3)cc2)c1. The summed E-state index contributed by atoms with van der Waals surface area (Å²) < 4.78 is 5.73. The Balaban J connectivity index is 1.30. The summed E-state index contributed by atoms with van der Waals surface area (Å²) >= 11 is 0. The summed E-state index contributed by atoms with van der Waals surface area (Å²) in [5, 5.41) is 23.9. The van der Waals surface area contributed by atoms with E-state index in [-0.39, 0.29) is 47.6 Å². The molecule has 0 bridgehead atoms. The van der Waals surface area contributed by atoms with Gasteiger partial charge in [-0.3, -0.25) is 24.1 Å². The highest BCUT2D eigenvalue weighted by atomic mass is 16.5. The molecule has 4 aromatic rings. The van der Waals surface area contributed by atoms with Gasteiger partial charge in [0.2, 0.25) is 11.8 Å². The van der Waals surface area contributed by atoms with E-state index in [4.69, 9.17) is 19.9 Å². The topological polar surface area (TPSA) is 195 Å². The highest BCUT2D eigenvalue weighted by Crippen LogP contribution is 2.26. The van der Waals surface area contributed by atoms with Crippen molar-refractivity contribution in [2.75, 3.05) is 48.8 Å². The third-order valence-electron chi connectivity index (χ3n) is 10.1. The van der Waals surface area contributed by atoms with Crippen molar-refractivity contribution in [3.05, 3.63) is 101 Å². The molecule has 3 heterocycles. The van der Waals surface area contributed by atoms with Gasteiger partial charge >= 0.3 is 11.9 Å². The number of amides is 3. The number of likely N-dealkylation sites (N-methyl/N-ethyl adjacent to an activating group) is 1. The maximum Gasteiger partial charge on any atom is 0.337 e. The number of piperidine rings is 1. The fourth-order valence-electron chi connectivity index (χ4n) is 6.75. The molecule has 1 saturated heterocycles. The zero-order valence-electron chi connectivity index (χ0n) is 33.1. The van der Waals surface area contributed by atoms with Crippen molar-refractivity contribution in [3.8, 4) is 11.6 Å². The summed E-state index contributed by atoms with van der Waals surface area (Å²) in [6.45, 7) is 7.38. The van der Waals surface area contributed by atoms with E-state index in [1.165, 1.54) is 18.3 Å². The summed E-state index contributed by atoms with van der Waals surface area (Å²) in [6.07, 6.45) is 5.88. The molecular weight excluding hydrogens is 743 g/mol. The van der Waals surface area contributed by atoms with E-state index >= 15 is 0 Å². The molecule has 0 spiro atoms. The molecular formula is C43H51N7O8. The van der Waals surface area contributed by atoms with Crippen molar-refractivity contribution in [2.45, 2.75) is 71.4 Å². The van der Waals surface area contributed by atoms with Gasteiger partial charge in [-0.2, -0.15) is 0 Å². The van der Waals surface area contributed by atoms with Crippen LogP contribution in [-0.4, -0.2) is 98.9 Å². The molecule has 4 N–H and O–H groups in total. The Bertz CT molecular complexity index is 2050. The highest BCUT2D eigenvalue weighted by molar-refractivity contribution is 6.11. The molecule has 1 aliphatic rings. The molecule has 15 heteroatoms. The number of carbonyl (C=O) groups excluding carboxylic acids is 3. The first-order chi connectivity index (χ1) is 27.9. The van der Waals surface area contributed by atoms with Crippen LogP contribution in [0.25, 0.3) is 0 Å². The van der Waals surface area contributed by atoms with Gasteiger partial charge in [-0.1, -0.05) is 26.0 Å². The number of carboxylic acids is 2. The van der Waals surface area contributed by atoms with E-state index in [1.54, 1.807) is 48.3 Å². The van der Waals surface area contributed by atoms with Crippen LogP contribution in [0.3, 0.4) is 0 Å². The molecule has 0 atom stereocenters. The number of aromatic carboxylic acids is 1. The van der Waals surface area contributed by atoms with Crippen LogP contribution in [0.15, 0.2) is 79.0 Å². The van der Waals surface area contributed by atoms with Gasteiger partial charge < -0.3 is 35.4 Å². The van der Waals surface area contributed by atoms with E-state index < -0.39 is 23.8 Å². The lowest BCUT2D eigenvalue weighted by atomic mass is 10.1. The van der Waals surface area contributed by atoms with E-state index in [1.807, 2.05) is 24.3 Å². The number of benzene rings is 2. The van der Waals surface area contributed by atoms with Crippen LogP contribution in [0.4, 0.5) is 17.2 Å². The Labute approximate surface area is 338 Å². The molecule has 2 aromatic heterocycles. The Morgan fingerprint density at radius 3 is 2.22 bits per heavy atom. The first-order valence-electron chi connectivity index (χ1n) is 19.6. The predicted octanol–water partition coefficient (Wildman–Crippen LogP) is 6.78. The predicted molar refractivity (Wildman–Crippen MR) is 220 cm³/mol. The van der Waals surface area contributed by atoms with Crippen LogP contribution in [0.1, 0.15) is 95.6 Å². The number of aliphatic carboxylic acids is 1. The number of carboxylic acid groups (broad SMARTS) is 2. The number of rotatable bonds is 19. The number of hydrogen-bond donors (Lipinski definition) is 4. The normalized spacial score (nSPS) is 12.6. The van der Waals surface area contributed by atoms with Gasteiger partial charge in [0.1, 0.15) is 11.6 Å². The average molecular weight is 794 g/mol. The van der Waals surface area contributed by atoms with E-state index in [0.29, 0.717) is 42.5 Å². The number of nitrogens with one attached hydrogen (secondary N) is 2. The van der Waals surface area contributed by atoms with E-state index in [9.17, 15) is 24.0 Å². The number of ether oxygens (including phenoxy) is 1. The van der Waals surface area contributed by atoms with Crippen molar-refractivity contribution in [1.29, 1.82) is 0 Å². The van der Waals surface area contributed by atoms with E-state index in [2.05, 4.69) is 39.3 Å². The van der Waals surface area contributed by atoms with Gasteiger partial charge in [0.05, 0.1) is 17.7 Å². The van der Waals surface area contributed by atoms with Crippen molar-refractivity contribution in [3.63, 3.8) is 0 Å². The number of nitrogens with zero attached hydrogens (tertiary/aromatic N) is 5. The molecule has 1 aliphatic heterocycles. The number of aromatic nitrogens is 2. The second-order valence-corrected chi connectivity index (χ2v) is 14.2. The van der Waals surface area contributed by atoms with Crippen molar-refractivity contribution >= 4 is 46.9 Å². The minimum absolute atomic E-state index is 0.0381. The third-order valence-corrected chi connectivity index (χ3v) is 10.1. The molecule has 0 unspecified atom stereocenters. The lowest BCUT2D eigenvalue weighted by molar-refractivity contribution is -0.140. The second kappa shape index (κ2) is 20.7. The van der Waals surface area contributed by atoms with Gasteiger partial charge in [-0.05, 0) is 92.3 Å². The zero-order valence-corrected chi connectivity index (χ0v) is 33.1. The van der Waals surface area contributed by atoms with Gasteiger partial charge in [0, 0.05) is 75.7 Å². The lowest BCUT2D eigenvalue weighted by Gasteiger charge is -2.32. The average Bonchev–Trinajstić information content (AvgIpc) is 3.23. The van der Waals surface area contributed by atoms with Crippen molar-refractivity contribution in [1.82, 2.24) is 19.8 Å². The van der Waals surface area contributed by atoms with Gasteiger partial charge in [-0.25, -0.2) is 14.8 Å². The Morgan fingerprint density at radius 1 is 0.828 bits per heavy atom. The largest absolute Gasteiger partial charge is 0.481 e. The quantitative estimate of drug-likeness (QED) is 0.0779. The minimum Gasteiger partial charge on any atom is -0.481 e. The van der Waals surface area contributed by atoms with E-state index in [0.717, 1.165) is 50.8 Å². The van der Waals surface area contributed by atoms with Gasteiger partial charge in [0.25, 0.3) is 11.8 Å². The number of carbonyl (C=O) groups is 5. The molecule has 15 nitrogen and oxygen atoms in total. The second-order valence-electron chi connectivity index (χ2n) is 14.2. The number of hydrogen-bond acceptors (Lipinski definition) is 10. The summed E-state index contributed by atoms with van der Waals surface area (Å²) in [5.41, 5.74) is 2.10. The van der Waals surface area contributed by atoms with Crippen molar-refractivity contribution < 1.29 is 38.9 Å². The molecule has 2 aromatic carbocycles. The molecule has 306 valence electrons. The van der Waals surface area contributed by atoms with Gasteiger partial charge in [0.15, 0.2) is 5.69 Å². The Hall–Kier alpha value is -6.35. The third kappa shape index (κ3) is 12.1. The molecule has 1 fully saturated rings. The summed E-state index contributed by atoms with van der Waals surface area (Å²) in [5.74, 6) is -1.97. The van der Waals surface area contributed by atoms with Crippen LogP contribution < -0.4 is 20.3 Å². The van der Waals surface area contributed by atoms with Crippen LogP contribution in [0.2, 0.25) is 0 Å². The summed E-state index contributed by atoms with van der Waals surface area (Å²) in [4.78, 5) is 77.0. The fraction of sp³-hybridized carbons (Fsp3) is 0.372. The minimum atomic E-state index is -1.09. The molecule has 0 saturated carbocycles. The first kappa shape index (κ1) is 42.8. The highest BCUT2D eigenvalue weighted by Gasteiger charge is 2.22. The monoisotopic (exact) mass is 793 g/mol. The molecule has 5 rings (SSSR count). The van der Waals surface area contributed by atoms with Crippen LogP contribution in [0, 0.1) is 0 Å². The molecule has 58 heavy (non-hydrogen) atoms. The maximum atomic E-state index is 13.9. The first-order valence-corrected chi connectivity index (χ1v) is 19.6. The molecule has 0 aliphatic carbocycles. The van der Waals surface area contributed by atoms with Crippen LogP contribution in [-0.2, 0) is 16.1 Å². The van der Waals surface area contributed by atoms with Crippen LogP contribution in [0.5, 0.6) is 11.6 Å². The number of anilines is 3. The standard InChI is InChI=1S/C43H51N7O8/c1-4-33(5-2)50(25-24-48(3)38(51)20-21-39(52)53)28-29-10-9-11-30(26-29)41(54)46-35-17-18-36(49-22-7-6-8-23-49)47-40(35)42(55)45-32-13-15-34(16-14-32)58-37-19-12-31(27-44-37)43(56)57/h9-19,26-27,33H,4-8,20-25,28H2,1-3H3,(H,45,55)(H,46,54)(H,52,53)(H,56,57). The zero-order chi connectivity index (χ0) is 41.6. The maximum absolute atomic E-state index is 13.9. The Morgan fingerprint density at radius 2 is 1.57 bits per heavy atom. The summed E-state index contributed by atoms with van der Waals surface area (Å²) in [6, 6.07) is 20.5.